The molecule has 0 spiro atoms. The minimum absolute atomic E-state index is 0.611. The van der Waals surface area contributed by atoms with Crippen LogP contribution in [0.4, 0.5) is 0 Å². The van der Waals surface area contributed by atoms with Gasteiger partial charge in [0.15, 0.2) is 0 Å². The molecule has 0 aromatic rings. The first-order valence-corrected chi connectivity index (χ1v) is 2.66. The van der Waals surface area contributed by atoms with E-state index in [1.807, 2.05) is 0 Å². The number of halogens is 1. The van der Waals surface area contributed by atoms with Crippen LogP contribution in [0.25, 0.3) is 0 Å². The second kappa shape index (κ2) is 2.73. The molecule has 0 radical (unpaired) electrons. The van der Waals surface area contributed by atoms with Gasteiger partial charge in [-0.05, 0) is 0 Å². The van der Waals surface area contributed by atoms with Gasteiger partial charge in [0.2, 0.25) is 0 Å². The Labute approximate surface area is 55.2 Å². The zero-order valence-electron chi connectivity index (χ0n) is 4.73. The predicted octanol–water partition coefficient (Wildman–Crippen LogP) is 2.52. The minimum atomic E-state index is -0.611. The summed E-state index contributed by atoms with van der Waals surface area (Å²) in [4.78, 5) is -0.611. The summed E-state index contributed by atoms with van der Waals surface area (Å²) in [6.07, 6.45) is 4.73. The van der Waals surface area contributed by atoms with Crippen LogP contribution in [0.2, 0.25) is 0 Å². The third kappa shape index (κ3) is 1.55. The lowest BCUT2D eigenvalue weighted by Crippen LogP contribution is -2.07. The van der Waals surface area contributed by atoms with Gasteiger partial charge in [-0.1, -0.05) is 18.2 Å². The molecule has 0 aromatic heterocycles. The molecule has 8 heavy (non-hydrogen) atoms. The van der Waals surface area contributed by atoms with Gasteiger partial charge in [-0.15, -0.1) is 31.3 Å². The van der Waals surface area contributed by atoms with Crippen molar-refractivity contribution in [3.8, 4) is 0 Å². The normalized spacial score (nSPS) is 10.1. The van der Waals surface area contributed by atoms with E-state index in [9.17, 15) is 0 Å². The van der Waals surface area contributed by atoms with E-state index in [0.29, 0.717) is 0 Å². The standard InChI is InChI=1S/C7H9Cl/c1-4-7(8,5-2)6-3/h4-6H,1-3H2. The highest BCUT2D eigenvalue weighted by Gasteiger charge is 2.10. The molecule has 44 valence electrons. The summed E-state index contributed by atoms with van der Waals surface area (Å²) in [5, 5.41) is 0. The van der Waals surface area contributed by atoms with Gasteiger partial charge in [-0.25, -0.2) is 0 Å². The summed E-state index contributed by atoms with van der Waals surface area (Å²) in [5.74, 6) is 0. The number of rotatable bonds is 3. The van der Waals surface area contributed by atoms with Crippen molar-refractivity contribution in [1.82, 2.24) is 0 Å². The van der Waals surface area contributed by atoms with E-state index in [-0.39, 0.29) is 0 Å². The second-order valence-corrected chi connectivity index (χ2v) is 2.09. The third-order valence-corrected chi connectivity index (χ3v) is 1.40. The fourth-order valence-corrected chi connectivity index (χ4v) is 0.250. The molecule has 0 unspecified atom stereocenters. The molecule has 0 saturated carbocycles. The molecule has 0 saturated heterocycles. The first-order chi connectivity index (χ1) is 3.68. The molecule has 0 nitrogen and oxygen atoms in total. The van der Waals surface area contributed by atoms with Gasteiger partial charge in [-0.2, -0.15) is 0 Å². The lowest BCUT2D eigenvalue weighted by Gasteiger charge is -2.09. The van der Waals surface area contributed by atoms with Crippen LogP contribution in [0.3, 0.4) is 0 Å². The maximum Gasteiger partial charge on any atom is 0.0979 e. The van der Waals surface area contributed by atoms with E-state index in [0.717, 1.165) is 0 Å². The quantitative estimate of drug-likeness (QED) is 0.405. The van der Waals surface area contributed by atoms with Gasteiger partial charge in [0.1, 0.15) is 0 Å². The highest BCUT2D eigenvalue weighted by molar-refractivity contribution is 6.27. The maximum atomic E-state index is 5.74. The Bertz CT molecular complexity index is 91.8. The van der Waals surface area contributed by atoms with E-state index >= 15 is 0 Å². The van der Waals surface area contributed by atoms with Gasteiger partial charge in [0, 0.05) is 0 Å². The van der Waals surface area contributed by atoms with Crippen LogP contribution >= 0.6 is 11.6 Å². The van der Waals surface area contributed by atoms with Crippen LogP contribution in [-0.4, -0.2) is 4.87 Å². The Morgan fingerprint density at radius 2 is 1.25 bits per heavy atom. The van der Waals surface area contributed by atoms with Gasteiger partial charge in [-0.3, -0.25) is 0 Å². The molecule has 0 aromatic carbocycles. The van der Waals surface area contributed by atoms with Crippen molar-refractivity contribution in [3.05, 3.63) is 38.0 Å². The monoisotopic (exact) mass is 128 g/mol. The smallest absolute Gasteiger partial charge is 0.0979 e. The van der Waals surface area contributed by atoms with Crippen molar-refractivity contribution >= 4 is 11.6 Å². The number of allylic oxidation sites excluding steroid dienone is 3. The second-order valence-electron chi connectivity index (χ2n) is 1.44. The summed E-state index contributed by atoms with van der Waals surface area (Å²) >= 11 is 5.74. The average molecular weight is 129 g/mol. The van der Waals surface area contributed by atoms with Gasteiger partial charge >= 0.3 is 0 Å². The van der Waals surface area contributed by atoms with E-state index in [4.69, 9.17) is 11.6 Å². The van der Waals surface area contributed by atoms with E-state index in [1.165, 1.54) is 0 Å². The van der Waals surface area contributed by atoms with E-state index in [1.54, 1.807) is 18.2 Å². The van der Waals surface area contributed by atoms with Crippen molar-refractivity contribution in [1.29, 1.82) is 0 Å². The molecule has 0 heterocycles. The highest BCUT2D eigenvalue weighted by Crippen LogP contribution is 2.17. The van der Waals surface area contributed by atoms with Gasteiger partial charge in [0.05, 0.1) is 4.87 Å². The number of hydrogen-bond acceptors (Lipinski definition) is 0. The predicted molar refractivity (Wildman–Crippen MR) is 39.2 cm³/mol. The Hall–Kier alpha value is -0.490. The SMILES string of the molecule is C=CC(Cl)(C=C)C=C. The van der Waals surface area contributed by atoms with Crippen LogP contribution in [0.15, 0.2) is 38.0 Å². The Morgan fingerprint density at radius 1 is 1.00 bits per heavy atom. The van der Waals surface area contributed by atoms with Crippen molar-refractivity contribution in [2.24, 2.45) is 0 Å². The molecule has 0 rings (SSSR count). The third-order valence-electron chi connectivity index (χ3n) is 0.939. The minimum Gasteiger partial charge on any atom is -0.106 e. The molecule has 0 fully saturated rings. The van der Waals surface area contributed by atoms with Crippen molar-refractivity contribution in [2.75, 3.05) is 0 Å². The lowest BCUT2D eigenvalue weighted by molar-refractivity contribution is 1.14. The fourth-order valence-electron chi connectivity index (χ4n) is 0.250. The van der Waals surface area contributed by atoms with Crippen molar-refractivity contribution in [3.63, 3.8) is 0 Å². The first-order valence-electron chi connectivity index (χ1n) is 2.28. The average Bonchev–Trinajstić information content (AvgIpc) is 1.87. The summed E-state index contributed by atoms with van der Waals surface area (Å²) in [6, 6.07) is 0. The molecule has 0 aliphatic rings. The maximum absolute atomic E-state index is 5.74. The lowest BCUT2D eigenvalue weighted by atomic mass is 10.1. The molecule has 0 bridgehead atoms. The highest BCUT2D eigenvalue weighted by atomic mass is 35.5. The fraction of sp³-hybridized carbons (Fsp3) is 0.143. The van der Waals surface area contributed by atoms with Crippen LogP contribution < -0.4 is 0 Å². The Balaban J connectivity index is 4.18. The summed E-state index contributed by atoms with van der Waals surface area (Å²) < 4.78 is 0. The molecular formula is C7H9Cl. The zero-order chi connectivity index (χ0) is 6.62. The summed E-state index contributed by atoms with van der Waals surface area (Å²) in [5.41, 5.74) is 0. The van der Waals surface area contributed by atoms with Gasteiger partial charge in [0.25, 0.3) is 0 Å². The molecule has 0 aliphatic carbocycles. The van der Waals surface area contributed by atoms with Crippen LogP contribution in [0, 0.1) is 0 Å². The Morgan fingerprint density at radius 3 is 1.25 bits per heavy atom. The Kier molecular flexibility index (Phi) is 2.56. The number of hydrogen-bond donors (Lipinski definition) is 0. The number of alkyl halides is 1. The summed E-state index contributed by atoms with van der Waals surface area (Å²) in [6.45, 7) is 10.5. The molecule has 0 N–H and O–H groups in total. The van der Waals surface area contributed by atoms with E-state index in [2.05, 4.69) is 19.7 Å². The van der Waals surface area contributed by atoms with Crippen LogP contribution in [0.5, 0.6) is 0 Å². The van der Waals surface area contributed by atoms with Crippen LogP contribution in [0.1, 0.15) is 0 Å². The molecule has 0 atom stereocenters. The largest absolute Gasteiger partial charge is 0.106 e. The topological polar surface area (TPSA) is 0 Å². The molecule has 0 amide bonds. The molecule has 1 heteroatoms. The zero-order valence-corrected chi connectivity index (χ0v) is 5.49. The van der Waals surface area contributed by atoms with Crippen LogP contribution in [-0.2, 0) is 0 Å². The van der Waals surface area contributed by atoms with Crippen molar-refractivity contribution < 1.29 is 0 Å². The molecule has 0 aliphatic heterocycles. The van der Waals surface area contributed by atoms with Gasteiger partial charge < -0.3 is 0 Å². The van der Waals surface area contributed by atoms with E-state index < -0.39 is 4.87 Å². The first kappa shape index (κ1) is 7.51. The van der Waals surface area contributed by atoms with Crippen molar-refractivity contribution in [2.45, 2.75) is 4.87 Å². The molecular weight excluding hydrogens is 120 g/mol. The summed E-state index contributed by atoms with van der Waals surface area (Å²) in [7, 11) is 0.